The van der Waals surface area contributed by atoms with Crippen LogP contribution in [-0.2, 0) is 11.3 Å². The maximum absolute atomic E-state index is 13.4. The van der Waals surface area contributed by atoms with Crippen LogP contribution in [0.5, 0.6) is 5.75 Å². The number of fused-ring (bicyclic) bond motifs is 1. The second-order valence-electron chi connectivity index (χ2n) is 4.85. The highest BCUT2D eigenvalue weighted by Gasteiger charge is 2.30. The van der Waals surface area contributed by atoms with Gasteiger partial charge in [-0.3, -0.25) is 10.1 Å². The standard InChI is InChI=1S/C16H15FN2O2/c1-21-14-5-3-2-4-10(14)9-18-15-12-8-11(17)6-7-13(12)19-16(15)20/h2-8,15,18H,9H2,1H3,(H,19,20). The Kier molecular flexibility index (Phi) is 3.58. The number of rotatable bonds is 4. The molecule has 2 aromatic rings. The first-order chi connectivity index (χ1) is 10.2. The van der Waals surface area contributed by atoms with Crippen LogP contribution in [0, 0.1) is 5.82 Å². The Balaban J connectivity index is 1.80. The van der Waals surface area contributed by atoms with E-state index in [0.717, 1.165) is 11.3 Å². The van der Waals surface area contributed by atoms with Gasteiger partial charge in [-0.15, -0.1) is 0 Å². The predicted octanol–water partition coefficient (Wildman–Crippen LogP) is 2.62. The van der Waals surface area contributed by atoms with Gasteiger partial charge in [0.2, 0.25) is 5.91 Å². The van der Waals surface area contributed by atoms with Crippen molar-refractivity contribution in [1.29, 1.82) is 0 Å². The number of amides is 1. The molecule has 0 saturated heterocycles. The zero-order valence-electron chi connectivity index (χ0n) is 11.5. The third-order valence-corrected chi connectivity index (χ3v) is 3.53. The minimum Gasteiger partial charge on any atom is -0.496 e. The molecule has 0 aromatic heterocycles. The number of carbonyl (C=O) groups excluding carboxylic acids is 1. The smallest absolute Gasteiger partial charge is 0.246 e. The van der Waals surface area contributed by atoms with Crippen LogP contribution < -0.4 is 15.4 Å². The van der Waals surface area contributed by atoms with E-state index in [1.54, 1.807) is 13.2 Å². The number of benzene rings is 2. The molecular formula is C16H15FN2O2. The lowest BCUT2D eigenvalue weighted by Gasteiger charge is -2.13. The number of methoxy groups -OCH3 is 1. The second kappa shape index (κ2) is 5.54. The molecule has 0 saturated carbocycles. The van der Waals surface area contributed by atoms with Crippen LogP contribution in [0.1, 0.15) is 17.2 Å². The summed E-state index contributed by atoms with van der Waals surface area (Å²) in [5.74, 6) is 0.225. The summed E-state index contributed by atoms with van der Waals surface area (Å²) in [7, 11) is 1.60. The molecule has 1 aliphatic heterocycles. The largest absolute Gasteiger partial charge is 0.496 e. The van der Waals surface area contributed by atoms with Crippen LogP contribution in [0.2, 0.25) is 0 Å². The quantitative estimate of drug-likeness (QED) is 0.908. The second-order valence-corrected chi connectivity index (χ2v) is 4.85. The summed E-state index contributed by atoms with van der Waals surface area (Å²) in [6.45, 7) is 0.456. The molecule has 0 spiro atoms. The molecule has 0 aliphatic carbocycles. The van der Waals surface area contributed by atoms with Gasteiger partial charge in [-0.1, -0.05) is 18.2 Å². The van der Waals surface area contributed by atoms with Gasteiger partial charge in [0, 0.05) is 23.4 Å². The third kappa shape index (κ3) is 2.60. The number of halogens is 1. The summed E-state index contributed by atoms with van der Waals surface area (Å²) in [5, 5.41) is 5.89. The van der Waals surface area contributed by atoms with Crippen LogP contribution >= 0.6 is 0 Å². The number of nitrogens with one attached hydrogen (secondary N) is 2. The average Bonchev–Trinajstić information content (AvgIpc) is 2.80. The molecular weight excluding hydrogens is 271 g/mol. The van der Waals surface area contributed by atoms with Crippen molar-refractivity contribution < 1.29 is 13.9 Å². The van der Waals surface area contributed by atoms with Crippen molar-refractivity contribution >= 4 is 11.6 Å². The van der Waals surface area contributed by atoms with E-state index in [0.29, 0.717) is 17.8 Å². The van der Waals surface area contributed by atoms with Gasteiger partial charge < -0.3 is 10.1 Å². The van der Waals surface area contributed by atoms with Crippen molar-refractivity contribution in [2.24, 2.45) is 0 Å². The lowest BCUT2D eigenvalue weighted by atomic mass is 10.1. The Hall–Kier alpha value is -2.40. The summed E-state index contributed by atoms with van der Waals surface area (Å²) >= 11 is 0. The van der Waals surface area contributed by atoms with E-state index in [1.807, 2.05) is 24.3 Å². The topological polar surface area (TPSA) is 50.4 Å². The summed E-state index contributed by atoms with van der Waals surface area (Å²) in [5.41, 5.74) is 2.23. The minimum atomic E-state index is -0.555. The van der Waals surface area contributed by atoms with Crippen molar-refractivity contribution in [2.75, 3.05) is 12.4 Å². The van der Waals surface area contributed by atoms with E-state index < -0.39 is 6.04 Å². The van der Waals surface area contributed by atoms with Gasteiger partial charge in [0.15, 0.2) is 0 Å². The van der Waals surface area contributed by atoms with Gasteiger partial charge in [-0.05, 0) is 24.3 Å². The third-order valence-electron chi connectivity index (χ3n) is 3.53. The minimum absolute atomic E-state index is 0.175. The lowest BCUT2D eigenvalue weighted by Crippen LogP contribution is -2.27. The maximum atomic E-state index is 13.4. The van der Waals surface area contributed by atoms with Crippen molar-refractivity contribution in [3.05, 3.63) is 59.4 Å². The first kappa shape index (κ1) is 13.6. The fourth-order valence-electron chi connectivity index (χ4n) is 2.50. The molecule has 1 unspecified atom stereocenters. The summed E-state index contributed by atoms with van der Waals surface area (Å²) in [6, 6.07) is 11.3. The molecule has 2 aromatic carbocycles. The summed E-state index contributed by atoms with van der Waals surface area (Å²) in [6.07, 6.45) is 0. The highest BCUT2D eigenvalue weighted by molar-refractivity contribution is 6.02. The van der Waals surface area contributed by atoms with Crippen LogP contribution in [-0.4, -0.2) is 13.0 Å². The van der Waals surface area contributed by atoms with Crippen molar-refractivity contribution in [2.45, 2.75) is 12.6 Å². The van der Waals surface area contributed by atoms with E-state index in [2.05, 4.69) is 10.6 Å². The van der Waals surface area contributed by atoms with Crippen molar-refractivity contribution in [3.63, 3.8) is 0 Å². The SMILES string of the molecule is COc1ccccc1CNC1C(=O)Nc2ccc(F)cc21. The van der Waals surface area contributed by atoms with Crippen molar-refractivity contribution in [3.8, 4) is 5.75 Å². The fourth-order valence-corrected chi connectivity index (χ4v) is 2.50. The molecule has 0 bridgehead atoms. The highest BCUT2D eigenvalue weighted by atomic mass is 19.1. The Morgan fingerprint density at radius 1 is 1.29 bits per heavy atom. The molecule has 3 rings (SSSR count). The Morgan fingerprint density at radius 3 is 2.90 bits per heavy atom. The number of carbonyl (C=O) groups is 1. The van der Waals surface area contributed by atoms with Crippen molar-refractivity contribution in [1.82, 2.24) is 5.32 Å². The Morgan fingerprint density at radius 2 is 2.10 bits per heavy atom. The van der Waals surface area contributed by atoms with Crippen LogP contribution in [0.4, 0.5) is 10.1 Å². The Bertz CT molecular complexity index is 688. The number of anilines is 1. The molecule has 5 heteroatoms. The van der Waals surface area contributed by atoms with E-state index >= 15 is 0 Å². The zero-order chi connectivity index (χ0) is 14.8. The van der Waals surface area contributed by atoms with Crippen LogP contribution in [0.3, 0.4) is 0 Å². The summed E-state index contributed by atoms with van der Waals surface area (Å²) in [4.78, 5) is 12.0. The number of para-hydroxylation sites is 1. The fraction of sp³-hybridized carbons (Fsp3) is 0.188. The lowest BCUT2D eigenvalue weighted by molar-refractivity contribution is -0.117. The number of hydrogen-bond donors (Lipinski definition) is 2. The Labute approximate surface area is 121 Å². The van der Waals surface area contributed by atoms with Gasteiger partial charge in [-0.25, -0.2) is 4.39 Å². The first-order valence-corrected chi connectivity index (χ1v) is 6.64. The van der Waals surface area contributed by atoms with Gasteiger partial charge in [-0.2, -0.15) is 0 Å². The monoisotopic (exact) mass is 286 g/mol. The van der Waals surface area contributed by atoms with Gasteiger partial charge >= 0.3 is 0 Å². The number of ether oxygens (including phenoxy) is 1. The van der Waals surface area contributed by atoms with Crippen LogP contribution in [0.15, 0.2) is 42.5 Å². The molecule has 1 aliphatic rings. The van der Waals surface area contributed by atoms with Gasteiger partial charge in [0.1, 0.15) is 17.6 Å². The zero-order valence-corrected chi connectivity index (χ0v) is 11.5. The molecule has 108 valence electrons. The molecule has 1 heterocycles. The molecule has 4 nitrogen and oxygen atoms in total. The maximum Gasteiger partial charge on any atom is 0.246 e. The number of hydrogen-bond acceptors (Lipinski definition) is 3. The van der Waals surface area contributed by atoms with E-state index in [-0.39, 0.29) is 11.7 Å². The molecule has 1 amide bonds. The first-order valence-electron chi connectivity index (χ1n) is 6.64. The molecule has 2 N–H and O–H groups in total. The van der Waals surface area contributed by atoms with E-state index in [1.165, 1.54) is 12.1 Å². The highest BCUT2D eigenvalue weighted by Crippen LogP contribution is 2.31. The van der Waals surface area contributed by atoms with E-state index in [4.69, 9.17) is 4.74 Å². The van der Waals surface area contributed by atoms with Gasteiger partial charge in [0.05, 0.1) is 7.11 Å². The van der Waals surface area contributed by atoms with Gasteiger partial charge in [0.25, 0.3) is 0 Å². The summed E-state index contributed by atoms with van der Waals surface area (Å²) < 4.78 is 18.6. The predicted molar refractivity (Wildman–Crippen MR) is 77.6 cm³/mol. The normalized spacial score (nSPS) is 16.5. The molecule has 0 radical (unpaired) electrons. The average molecular weight is 286 g/mol. The van der Waals surface area contributed by atoms with Crippen LogP contribution in [0.25, 0.3) is 0 Å². The molecule has 21 heavy (non-hydrogen) atoms. The van der Waals surface area contributed by atoms with E-state index in [9.17, 15) is 9.18 Å². The molecule has 1 atom stereocenters. The molecule has 0 fully saturated rings.